The predicted molar refractivity (Wildman–Crippen MR) is 111 cm³/mol. The Kier molecular flexibility index (Phi) is 6.85. The lowest BCUT2D eigenvalue weighted by atomic mass is 10.0. The van der Waals surface area contributed by atoms with Gasteiger partial charge in [0.25, 0.3) is 0 Å². The van der Waals surface area contributed by atoms with E-state index in [1.165, 1.54) is 27.8 Å². The van der Waals surface area contributed by atoms with Gasteiger partial charge < -0.3 is 14.9 Å². The predicted octanol–water partition coefficient (Wildman–Crippen LogP) is 4.50. The number of aryl methyl sites for hydroxylation is 4. The van der Waals surface area contributed by atoms with Crippen LogP contribution < -0.4 is 0 Å². The summed E-state index contributed by atoms with van der Waals surface area (Å²) in [6.07, 6.45) is 0. The highest BCUT2D eigenvalue weighted by atomic mass is 16.3. The van der Waals surface area contributed by atoms with Gasteiger partial charge in [-0.1, -0.05) is 24.3 Å². The van der Waals surface area contributed by atoms with E-state index in [1.807, 2.05) is 13.8 Å². The van der Waals surface area contributed by atoms with Crippen molar-refractivity contribution >= 4 is 0 Å². The molecule has 2 aromatic carbocycles. The minimum atomic E-state index is 0.417. The average molecular weight is 355 g/mol. The molecule has 0 amide bonds. The van der Waals surface area contributed by atoms with E-state index in [0.29, 0.717) is 5.75 Å². The number of nitrogens with zero attached hydrogens (tertiary/aromatic N) is 2. The van der Waals surface area contributed by atoms with Crippen LogP contribution in [0.15, 0.2) is 24.3 Å². The van der Waals surface area contributed by atoms with Crippen LogP contribution in [0.3, 0.4) is 0 Å². The molecule has 2 aromatic rings. The molecule has 0 bridgehead atoms. The molecule has 1 N–H and O–H groups in total. The monoisotopic (exact) mass is 354 g/mol. The van der Waals surface area contributed by atoms with E-state index in [0.717, 1.165) is 37.3 Å². The standard InChI is InChI=1S/C23H34N2O/c1-16-10-21(11-17(2)20(16)5)14-24(6)8-9-25(7)15-22-12-18(3)23(26)19(4)13-22/h10-13,26H,8-9,14-15H2,1-7H3. The largest absolute Gasteiger partial charge is 0.507 e. The first kappa shape index (κ1) is 20.5. The van der Waals surface area contributed by atoms with E-state index in [-0.39, 0.29) is 0 Å². The van der Waals surface area contributed by atoms with Crippen LogP contribution >= 0.6 is 0 Å². The second-order valence-electron chi connectivity index (χ2n) is 7.91. The molecule has 0 fully saturated rings. The van der Waals surface area contributed by atoms with Gasteiger partial charge in [-0.2, -0.15) is 0 Å². The summed E-state index contributed by atoms with van der Waals surface area (Å²) < 4.78 is 0. The third-order valence-corrected chi connectivity index (χ3v) is 5.31. The molecule has 0 heterocycles. The van der Waals surface area contributed by atoms with Crippen molar-refractivity contribution in [1.29, 1.82) is 0 Å². The van der Waals surface area contributed by atoms with Crippen molar-refractivity contribution in [2.45, 2.75) is 47.7 Å². The second-order valence-corrected chi connectivity index (χ2v) is 7.91. The fourth-order valence-corrected chi connectivity index (χ4v) is 3.48. The quantitative estimate of drug-likeness (QED) is 0.793. The minimum Gasteiger partial charge on any atom is -0.507 e. The summed E-state index contributed by atoms with van der Waals surface area (Å²) in [6, 6.07) is 8.79. The highest BCUT2D eigenvalue weighted by Crippen LogP contribution is 2.23. The maximum absolute atomic E-state index is 9.92. The molecule has 0 atom stereocenters. The maximum Gasteiger partial charge on any atom is 0.121 e. The molecule has 0 saturated heterocycles. The molecule has 26 heavy (non-hydrogen) atoms. The van der Waals surface area contributed by atoms with Crippen molar-refractivity contribution < 1.29 is 5.11 Å². The Morgan fingerprint density at radius 2 is 1.00 bits per heavy atom. The van der Waals surface area contributed by atoms with Crippen LogP contribution in [0.25, 0.3) is 0 Å². The van der Waals surface area contributed by atoms with Crippen molar-refractivity contribution in [3.05, 3.63) is 63.2 Å². The zero-order chi connectivity index (χ0) is 19.4. The van der Waals surface area contributed by atoms with E-state index in [1.54, 1.807) is 0 Å². The second kappa shape index (κ2) is 8.70. The third kappa shape index (κ3) is 5.33. The van der Waals surface area contributed by atoms with E-state index < -0.39 is 0 Å². The van der Waals surface area contributed by atoms with Gasteiger partial charge in [-0.25, -0.2) is 0 Å². The molecule has 3 heteroatoms. The van der Waals surface area contributed by atoms with Crippen LogP contribution in [-0.2, 0) is 13.1 Å². The number of phenols is 1. The SMILES string of the molecule is Cc1cc(CN(C)CCN(C)Cc2cc(C)c(O)c(C)c2)cc(C)c1C. The molecule has 0 aromatic heterocycles. The van der Waals surface area contributed by atoms with Gasteiger partial charge >= 0.3 is 0 Å². The van der Waals surface area contributed by atoms with E-state index in [9.17, 15) is 5.11 Å². The topological polar surface area (TPSA) is 26.7 Å². The zero-order valence-corrected chi connectivity index (χ0v) is 17.5. The smallest absolute Gasteiger partial charge is 0.121 e. The van der Waals surface area contributed by atoms with Gasteiger partial charge in [0.2, 0.25) is 0 Å². The summed E-state index contributed by atoms with van der Waals surface area (Å²) in [5.74, 6) is 0.417. The Hall–Kier alpha value is -1.84. The molecule has 2 rings (SSSR count). The number of phenolic OH excluding ortho intramolecular Hbond substituents is 1. The Balaban J connectivity index is 1.88. The van der Waals surface area contributed by atoms with Crippen molar-refractivity contribution in [2.75, 3.05) is 27.2 Å². The van der Waals surface area contributed by atoms with Gasteiger partial charge in [-0.05, 0) is 87.7 Å². The number of benzene rings is 2. The van der Waals surface area contributed by atoms with E-state index in [4.69, 9.17) is 0 Å². The number of rotatable bonds is 7. The molecular weight excluding hydrogens is 320 g/mol. The first-order valence-corrected chi connectivity index (χ1v) is 9.40. The fourth-order valence-electron chi connectivity index (χ4n) is 3.48. The highest BCUT2D eigenvalue weighted by Gasteiger charge is 2.08. The molecule has 0 unspecified atom stereocenters. The lowest BCUT2D eigenvalue weighted by molar-refractivity contribution is 0.247. The minimum absolute atomic E-state index is 0.417. The van der Waals surface area contributed by atoms with Crippen molar-refractivity contribution in [3.63, 3.8) is 0 Å². The Bertz CT molecular complexity index is 655. The zero-order valence-electron chi connectivity index (χ0n) is 17.5. The molecule has 3 nitrogen and oxygen atoms in total. The molecule has 0 aliphatic rings. The molecule has 142 valence electrons. The molecule has 0 radical (unpaired) electrons. The first-order chi connectivity index (χ1) is 12.2. The molecular formula is C23H34N2O. The van der Waals surface area contributed by atoms with Crippen LogP contribution in [0.5, 0.6) is 5.75 Å². The lowest BCUT2D eigenvalue weighted by Crippen LogP contribution is -2.30. The molecule has 0 aliphatic heterocycles. The summed E-state index contributed by atoms with van der Waals surface area (Å²) in [4.78, 5) is 4.72. The van der Waals surface area contributed by atoms with Crippen molar-refractivity contribution in [3.8, 4) is 5.75 Å². The maximum atomic E-state index is 9.92. The summed E-state index contributed by atoms with van der Waals surface area (Å²) in [7, 11) is 4.35. The Morgan fingerprint density at radius 1 is 0.654 bits per heavy atom. The number of aromatic hydroxyl groups is 1. The summed E-state index contributed by atoms with van der Waals surface area (Å²) >= 11 is 0. The summed E-state index contributed by atoms with van der Waals surface area (Å²) in [5, 5.41) is 9.92. The van der Waals surface area contributed by atoms with Gasteiger partial charge in [0.15, 0.2) is 0 Å². The molecule has 0 saturated carbocycles. The van der Waals surface area contributed by atoms with Crippen LogP contribution in [-0.4, -0.2) is 42.1 Å². The third-order valence-electron chi connectivity index (χ3n) is 5.31. The van der Waals surface area contributed by atoms with Crippen LogP contribution in [0.2, 0.25) is 0 Å². The molecule has 0 aliphatic carbocycles. The van der Waals surface area contributed by atoms with E-state index >= 15 is 0 Å². The van der Waals surface area contributed by atoms with Gasteiger partial charge in [-0.15, -0.1) is 0 Å². The van der Waals surface area contributed by atoms with Gasteiger partial charge in [0.1, 0.15) is 5.75 Å². The highest BCUT2D eigenvalue weighted by molar-refractivity contribution is 5.42. The van der Waals surface area contributed by atoms with Gasteiger partial charge in [0.05, 0.1) is 0 Å². The molecule has 0 spiro atoms. The Labute approximate surface area is 159 Å². The normalized spacial score (nSPS) is 11.6. The van der Waals surface area contributed by atoms with Crippen molar-refractivity contribution in [1.82, 2.24) is 9.80 Å². The Morgan fingerprint density at radius 3 is 1.38 bits per heavy atom. The lowest BCUT2D eigenvalue weighted by Gasteiger charge is -2.23. The van der Waals surface area contributed by atoms with Crippen LogP contribution in [0, 0.1) is 34.6 Å². The average Bonchev–Trinajstić information content (AvgIpc) is 2.55. The number of hydrogen-bond acceptors (Lipinski definition) is 3. The van der Waals surface area contributed by atoms with Crippen molar-refractivity contribution in [2.24, 2.45) is 0 Å². The number of likely N-dealkylation sites (N-methyl/N-ethyl adjacent to an activating group) is 2. The first-order valence-electron chi connectivity index (χ1n) is 9.40. The summed E-state index contributed by atoms with van der Waals surface area (Å²) in [5.41, 5.74) is 8.71. The van der Waals surface area contributed by atoms with Gasteiger partial charge in [-0.3, -0.25) is 0 Å². The van der Waals surface area contributed by atoms with E-state index in [2.05, 4.69) is 68.9 Å². The van der Waals surface area contributed by atoms with Crippen LogP contribution in [0.1, 0.15) is 38.9 Å². The van der Waals surface area contributed by atoms with Gasteiger partial charge in [0, 0.05) is 26.2 Å². The number of hydrogen-bond donors (Lipinski definition) is 1. The fraction of sp³-hybridized carbons (Fsp3) is 0.478. The van der Waals surface area contributed by atoms with Crippen LogP contribution in [0.4, 0.5) is 0 Å². The summed E-state index contributed by atoms with van der Waals surface area (Å²) in [6.45, 7) is 14.4.